The molecule has 0 radical (unpaired) electrons. The minimum atomic E-state index is -0.847. The number of thiazole rings is 1. The fourth-order valence-electron chi connectivity index (χ4n) is 4.31. The molecule has 1 N–H and O–H groups in total. The van der Waals surface area contributed by atoms with Gasteiger partial charge in [0.15, 0.2) is 17.2 Å². The summed E-state index contributed by atoms with van der Waals surface area (Å²) in [5.74, 6) is 2.08. The number of oxazole rings is 1. The summed E-state index contributed by atoms with van der Waals surface area (Å²) in [6, 6.07) is 16.3. The molecule has 1 aliphatic carbocycles. The molecule has 1 aliphatic rings. The van der Waals surface area contributed by atoms with Crippen molar-refractivity contribution in [2.75, 3.05) is 11.4 Å². The lowest BCUT2D eigenvalue weighted by atomic mass is 9.97. The Kier molecular flexibility index (Phi) is 7.57. The van der Waals surface area contributed by atoms with Gasteiger partial charge in [-0.25, -0.2) is 9.97 Å². The van der Waals surface area contributed by atoms with Crippen molar-refractivity contribution in [1.29, 1.82) is 0 Å². The molecule has 0 fully saturated rings. The number of carbonyl (C=O) groups excluding carboxylic acids is 2. The Morgan fingerprint density at radius 2 is 1.87 bits per heavy atom. The molecule has 1 atom stereocenters. The number of terminal acetylenes is 1. The predicted octanol–water partition coefficient (Wildman–Crippen LogP) is 4.90. The minimum absolute atomic E-state index is 0.190. The number of rotatable bonds is 9. The van der Waals surface area contributed by atoms with Gasteiger partial charge in [0, 0.05) is 29.1 Å². The number of anilines is 1. The van der Waals surface area contributed by atoms with Gasteiger partial charge in [-0.05, 0) is 42.2 Å². The molecule has 0 saturated carbocycles. The van der Waals surface area contributed by atoms with Gasteiger partial charge < -0.3 is 9.73 Å². The van der Waals surface area contributed by atoms with E-state index >= 15 is 0 Å². The average Bonchev–Trinajstić information content (AvgIpc) is 3.75. The summed E-state index contributed by atoms with van der Waals surface area (Å²) in [6.07, 6.45) is 16.7. The number of nitrogens with one attached hydrogen (secondary N) is 1. The fraction of sp³-hybridized carbons (Fsp3) is 0.133. The maximum Gasteiger partial charge on any atom is 0.278 e. The highest BCUT2D eigenvalue weighted by Gasteiger charge is 2.37. The van der Waals surface area contributed by atoms with E-state index in [2.05, 4.69) is 21.2 Å². The molecule has 4 aromatic rings. The van der Waals surface area contributed by atoms with Crippen LogP contribution in [0.4, 0.5) is 5.69 Å². The SMILES string of the molecule is C#Cc1nc(C(=O)N(c2ccc(-c3cnco3)cc2)C(C(=O)NCCc2ccccc2)C2C=CC=C2)cs1. The van der Waals surface area contributed by atoms with Crippen molar-refractivity contribution in [2.45, 2.75) is 12.5 Å². The van der Waals surface area contributed by atoms with Crippen molar-refractivity contribution in [3.63, 3.8) is 0 Å². The van der Waals surface area contributed by atoms with Crippen molar-refractivity contribution in [3.8, 4) is 23.7 Å². The van der Waals surface area contributed by atoms with Crippen LogP contribution in [0.5, 0.6) is 0 Å². The van der Waals surface area contributed by atoms with E-state index in [4.69, 9.17) is 10.8 Å². The third-order valence-electron chi connectivity index (χ3n) is 6.17. The molecule has 5 rings (SSSR count). The van der Waals surface area contributed by atoms with Crippen LogP contribution in [0.25, 0.3) is 11.3 Å². The van der Waals surface area contributed by atoms with Gasteiger partial charge in [-0.2, -0.15) is 0 Å². The van der Waals surface area contributed by atoms with E-state index < -0.39 is 11.9 Å². The summed E-state index contributed by atoms with van der Waals surface area (Å²) in [5, 5.41) is 5.07. The number of hydrogen-bond acceptors (Lipinski definition) is 6. The zero-order valence-corrected chi connectivity index (χ0v) is 21.2. The summed E-state index contributed by atoms with van der Waals surface area (Å²) >= 11 is 1.21. The van der Waals surface area contributed by atoms with Crippen LogP contribution in [0.15, 0.2) is 101 Å². The van der Waals surface area contributed by atoms with E-state index in [1.165, 1.54) is 22.6 Å². The number of hydrogen-bond donors (Lipinski definition) is 1. The zero-order chi connectivity index (χ0) is 26.3. The lowest BCUT2D eigenvalue weighted by molar-refractivity contribution is -0.122. The minimum Gasteiger partial charge on any atom is -0.444 e. The molecule has 1 unspecified atom stereocenters. The van der Waals surface area contributed by atoms with Gasteiger partial charge in [-0.3, -0.25) is 14.5 Å². The first-order valence-electron chi connectivity index (χ1n) is 12.1. The van der Waals surface area contributed by atoms with Crippen LogP contribution in [0.1, 0.15) is 21.1 Å². The molecule has 0 saturated heterocycles. The second-order valence-electron chi connectivity index (χ2n) is 8.59. The van der Waals surface area contributed by atoms with E-state index in [0.29, 0.717) is 29.4 Å². The second kappa shape index (κ2) is 11.5. The highest BCUT2D eigenvalue weighted by Crippen LogP contribution is 2.30. The van der Waals surface area contributed by atoms with Gasteiger partial charge in [0.05, 0.1) is 6.20 Å². The third kappa shape index (κ3) is 5.48. The number of amides is 2. The van der Waals surface area contributed by atoms with Crippen LogP contribution < -0.4 is 10.2 Å². The molecule has 2 aromatic carbocycles. The number of nitrogens with zero attached hydrogens (tertiary/aromatic N) is 3. The van der Waals surface area contributed by atoms with Crippen LogP contribution in [-0.4, -0.2) is 34.4 Å². The number of carbonyl (C=O) groups is 2. The molecule has 188 valence electrons. The van der Waals surface area contributed by atoms with Gasteiger partial charge in [0.2, 0.25) is 5.91 Å². The lowest BCUT2D eigenvalue weighted by Crippen LogP contribution is -2.53. The number of aromatic nitrogens is 2. The lowest BCUT2D eigenvalue weighted by Gasteiger charge is -2.33. The monoisotopic (exact) mass is 520 g/mol. The van der Waals surface area contributed by atoms with Gasteiger partial charge in [0.25, 0.3) is 5.91 Å². The average molecular weight is 521 g/mol. The smallest absolute Gasteiger partial charge is 0.278 e. The first-order chi connectivity index (χ1) is 18.6. The van der Waals surface area contributed by atoms with Crippen molar-refractivity contribution < 1.29 is 14.0 Å². The van der Waals surface area contributed by atoms with Crippen LogP contribution >= 0.6 is 11.3 Å². The molecule has 0 bridgehead atoms. The van der Waals surface area contributed by atoms with Crippen LogP contribution in [0.3, 0.4) is 0 Å². The summed E-state index contributed by atoms with van der Waals surface area (Å²) in [5.41, 5.74) is 2.65. The third-order valence-corrected chi connectivity index (χ3v) is 6.95. The molecule has 2 amide bonds. The topological polar surface area (TPSA) is 88.3 Å². The largest absolute Gasteiger partial charge is 0.444 e. The first kappa shape index (κ1) is 24.9. The Morgan fingerprint density at radius 1 is 1.11 bits per heavy atom. The number of benzene rings is 2. The van der Waals surface area contributed by atoms with Crippen molar-refractivity contribution in [3.05, 3.63) is 113 Å². The Bertz CT molecular complexity index is 1490. The van der Waals surface area contributed by atoms with E-state index in [1.54, 1.807) is 23.7 Å². The predicted molar refractivity (Wildman–Crippen MR) is 148 cm³/mol. The quantitative estimate of drug-likeness (QED) is 0.317. The van der Waals surface area contributed by atoms with Crippen molar-refractivity contribution >= 4 is 28.8 Å². The molecule has 2 aromatic heterocycles. The Hall–Kier alpha value is -4.74. The van der Waals surface area contributed by atoms with Gasteiger partial charge in [-0.1, -0.05) is 54.6 Å². The van der Waals surface area contributed by atoms with Crippen molar-refractivity contribution in [1.82, 2.24) is 15.3 Å². The molecular formula is C30H24N4O3S. The maximum atomic E-state index is 13.9. The Morgan fingerprint density at radius 3 is 2.53 bits per heavy atom. The molecule has 0 aliphatic heterocycles. The molecule has 2 heterocycles. The Labute approximate surface area is 224 Å². The molecular weight excluding hydrogens is 496 g/mol. The van der Waals surface area contributed by atoms with E-state index in [-0.39, 0.29) is 17.5 Å². The van der Waals surface area contributed by atoms with Crippen LogP contribution in [0.2, 0.25) is 0 Å². The number of allylic oxidation sites excluding steroid dienone is 2. The van der Waals surface area contributed by atoms with Crippen LogP contribution in [0, 0.1) is 18.3 Å². The fourth-order valence-corrected chi connectivity index (χ4v) is 4.91. The normalized spacial score (nSPS) is 13.2. The highest BCUT2D eigenvalue weighted by atomic mass is 32.1. The summed E-state index contributed by atoms with van der Waals surface area (Å²) in [7, 11) is 0. The first-order valence-corrected chi connectivity index (χ1v) is 12.9. The van der Waals surface area contributed by atoms with Gasteiger partial charge >= 0.3 is 0 Å². The van der Waals surface area contributed by atoms with Crippen molar-refractivity contribution in [2.24, 2.45) is 5.92 Å². The molecule has 8 heteroatoms. The van der Waals surface area contributed by atoms with E-state index in [1.807, 2.05) is 66.8 Å². The van der Waals surface area contributed by atoms with E-state index in [0.717, 1.165) is 11.1 Å². The zero-order valence-electron chi connectivity index (χ0n) is 20.4. The molecule has 38 heavy (non-hydrogen) atoms. The second-order valence-corrected chi connectivity index (χ2v) is 9.45. The summed E-state index contributed by atoms with van der Waals surface area (Å²) in [6.45, 7) is 0.434. The summed E-state index contributed by atoms with van der Waals surface area (Å²) in [4.78, 5) is 37.4. The van der Waals surface area contributed by atoms with Crippen LogP contribution in [-0.2, 0) is 11.2 Å². The molecule has 7 nitrogen and oxygen atoms in total. The molecule has 0 spiro atoms. The highest BCUT2D eigenvalue weighted by molar-refractivity contribution is 7.10. The Balaban J connectivity index is 1.48. The van der Waals surface area contributed by atoms with E-state index in [9.17, 15) is 9.59 Å². The summed E-state index contributed by atoms with van der Waals surface area (Å²) < 4.78 is 5.40. The standard InChI is InChI=1S/C30H24N4O3S/c1-2-27-33-25(19-38-27)30(36)34(24-14-12-22(13-15-24)26-18-31-20-37-26)28(23-10-6-7-11-23)29(35)32-17-16-21-8-4-3-5-9-21/h1,3-15,18-20,23,28H,16-17H2,(H,32,35). The van der Waals surface area contributed by atoms with Gasteiger partial charge in [-0.15, -0.1) is 17.8 Å². The van der Waals surface area contributed by atoms with Gasteiger partial charge in [0.1, 0.15) is 11.7 Å². The maximum absolute atomic E-state index is 13.9.